The Morgan fingerprint density at radius 2 is 1.84 bits per heavy atom. The Kier molecular flexibility index (Phi) is 4.92. The Labute approximate surface area is 189 Å². The average Bonchev–Trinajstić information content (AvgIpc) is 3.27. The number of aromatic amines is 2. The minimum atomic E-state index is -0.180. The second kappa shape index (κ2) is 7.51. The van der Waals surface area contributed by atoms with Gasteiger partial charge in [0.2, 0.25) is 5.56 Å². The number of piperidine rings is 1. The number of nitrogens with zero attached hydrogens (tertiary/aromatic N) is 3. The monoisotopic (exact) mass is 456 g/mol. The molecule has 3 aromatic heterocycles. The number of halogens is 2. The van der Waals surface area contributed by atoms with E-state index >= 15 is 0 Å². The summed E-state index contributed by atoms with van der Waals surface area (Å²) in [4.78, 5) is 29.9. The van der Waals surface area contributed by atoms with Crippen molar-refractivity contribution in [2.24, 2.45) is 5.73 Å². The normalized spacial score (nSPS) is 22.8. The van der Waals surface area contributed by atoms with Gasteiger partial charge in [-0.2, -0.15) is 0 Å². The summed E-state index contributed by atoms with van der Waals surface area (Å²) >= 11 is 6.67. The number of rotatable bonds is 2. The predicted molar refractivity (Wildman–Crippen MR) is 126 cm³/mol. The summed E-state index contributed by atoms with van der Waals surface area (Å²) in [6.07, 6.45) is 8.09. The lowest BCUT2D eigenvalue weighted by Gasteiger charge is -2.38. The van der Waals surface area contributed by atoms with E-state index in [-0.39, 0.29) is 24.0 Å². The molecular weight excluding hydrogens is 435 g/mol. The summed E-state index contributed by atoms with van der Waals surface area (Å²) in [5.74, 6) is 0.907. The van der Waals surface area contributed by atoms with E-state index in [1.54, 1.807) is 6.07 Å². The van der Waals surface area contributed by atoms with Gasteiger partial charge in [0.05, 0.1) is 16.7 Å². The molecule has 2 aliphatic heterocycles. The lowest BCUT2D eigenvalue weighted by atomic mass is 9.98. The van der Waals surface area contributed by atoms with Crippen molar-refractivity contribution >= 4 is 51.9 Å². The Bertz CT molecular complexity index is 1340. The standard InChI is InChI=1S/C22H21ClN6O.ClH/c23-19-15(5-1-11-2-6-18(30)28-20(11)19)16-9-26-22-21(16)25-10-17(27-22)29-13-3-4-14(29)8-12(24)7-13;/h1-2,5-6,9-10,12-14H,3-4,7-8,24H2,(H,26,27)(H,28,30);1H. The van der Waals surface area contributed by atoms with Crippen LogP contribution in [0.5, 0.6) is 0 Å². The minimum Gasteiger partial charge on any atom is -0.349 e. The summed E-state index contributed by atoms with van der Waals surface area (Å²) in [5, 5.41) is 1.38. The van der Waals surface area contributed by atoms with Crippen LogP contribution in [0.3, 0.4) is 0 Å². The Morgan fingerprint density at radius 3 is 2.61 bits per heavy atom. The maximum atomic E-state index is 11.8. The fourth-order valence-electron chi connectivity index (χ4n) is 5.20. The molecule has 2 atom stereocenters. The molecule has 6 rings (SSSR count). The first-order chi connectivity index (χ1) is 14.6. The summed E-state index contributed by atoms with van der Waals surface area (Å²) in [5.41, 5.74) is 9.83. The Hall–Kier alpha value is -2.61. The van der Waals surface area contributed by atoms with Crippen LogP contribution in [-0.2, 0) is 0 Å². The quantitative estimate of drug-likeness (QED) is 0.422. The number of nitrogens with one attached hydrogen (secondary N) is 2. The van der Waals surface area contributed by atoms with Gasteiger partial charge in [-0.25, -0.2) is 9.97 Å². The predicted octanol–water partition coefficient (Wildman–Crippen LogP) is 4.00. The van der Waals surface area contributed by atoms with Crippen molar-refractivity contribution in [2.75, 3.05) is 4.90 Å². The number of nitrogens with two attached hydrogens (primary N) is 1. The van der Waals surface area contributed by atoms with Gasteiger partial charge in [0.1, 0.15) is 11.3 Å². The maximum Gasteiger partial charge on any atom is 0.248 e. The first-order valence-electron chi connectivity index (χ1n) is 10.3. The zero-order chi connectivity index (χ0) is 20.4. The van der Waals surface area contributed by atoms with Crippen LogP contribution in [0.1, 0.15) is 25.7 Å². The fourth-order valence-corrected chi connectivity index (χ4v) is 5.53. The summed E-state index contributed by atoms with van der Waals surface area (Å²) in [7, 11) is 0. The average molecular weight is 457 g/mol. The van der Waals surface area contributed by atoms with Gasteiger partial charge in [0.25, 0.3) is 0 Å². The van der Waals surface area contributed by atoms with E-state index in [2.05, 4.69) is 14.9 Å². The molecule has 7 nitrogen and oxygen atoms in total. The molecule has 160 valence electrons. The van der Waals surface area contributed by atoms with E-state index in [4.69, 9.17) is 27.3 Å². The zero-order valence-corrected chi connectivity index (χ0v) is 18.2. The van der Waals surface area contributed by atoms with E-state index in [9.17, 15) is 4.79 Å². The highest BCUT2D eigenvalue weighted by molar-refractivity contribution is 6.38. The van der Waals surface area contributed by atoms with Gasteiger partial charge < -0.3 is 20.6 Å². The van der Waals surface area contributed by atoms with Crippen LogP contribution in [0.2, 0.25) is 5.02 Å². The van der Waals surface area contributed by atoms with E-state index < -0.39 is 0 Å². The van der Waals surface area contributed by atoms with Crippen molar-refractivity contribution in [3.63, 3.8) is 0 Å². The van der Waals surface area contributed by atoms with E-state index in [1.807, 2.05) is 24.5 Å². The summed E-state index contributed by atoms with van der Waals surface area (Å²) in [6.45, 7) is 0. The Morgan fingerprint density at radius 1 is 1.10 bits per heavy atom. The van der Waals surface area contributed by atoms with Crippen molar-refractivity contribution in [2.45, 2.75) is 43.8 Å². The highest BCUT2D eigenvalue weighted by Crippen LogP contribution is 2.40. The third-order valence-electron chi connectivity index (χ3n) is 6.53. The number of hydrogen-bond acceptors (Lipinski definition) is 5. The SMILES string of the molecule is Cl.NC1CC2CCC(C1)N2c1cnc2c(-c3ccc4ccc(=O)[nH]c4c3Cl)c[nH]c2n1. The van der Waals surface area contributed by atoms with Crippen molar-refractivity contribution in [1.29, 1.82) is 0 Å². The maximum absolute atomic E-state index is 11.8. The molecule has 0 spiro atoms. The largest absolute Gasteiger partial charge is 0.349 e. The molecule has 5 heterocycles. The number of pyridine rings is 1. The molecule has 1 aromatic carbocycles. The van der Waals surface area contributed by atoms with Crippen molar-refractivity contribution in [3.05, 3.63) is 52.0 Å². The smallest absolute Gasteiger partial charge is 0.248 e. The third kappa shape index (κ3) is 3.19. The third-order valence-corrected chi connectivity index (χ3v) is 6.92. The molecule has 0 aliphatic carbocycles. The number of benzene rings is 1. The van der Waals surface area contributed by atoms with Gasteiger partial charge in [0, 0.05) is 41.5 Å². The molecule has 2 aliphatic rings. The van der Waals surface area contributed by atoms with Gasteiger partial charge in [0.15, 0.2) is 5.65 Å². The number of anilines is 1. The van der Waals surface area contributed by atoms with Crippen LogP contribution in [-0.4, -0.2) is 38.1 Å². The van der Waals surface area contributed by atoms with Crippen LogP contribution in [0.25, 0.3) is 33.2 Å². The van der Waals surface area contributed by atoms with Crippen LogP contribution in [0.15, 0.2) is 41.5 Å². The number of aromatic nitrogens is 4. The van der Waals surface area contributed by atoms with Crippen LogP contribution in [0.4, 0.5) is 5.82 Å². The van der Waals surface area contributed by atoms with Crippen LogP contribution < -0.4 is 16.2 Å². The van der Waals surface area contributed by atoms with E-state index in [0.717, 1.165) is 46.3 Å². The van der Waals surface area contributed by atoms with Gasteiger partial charge in [-0.3, -0.25) is 4.79 Å². The van der Waals surface area contributed by atoms with Crippen molar-refractivity contribution in [1.82, 2.24) is 19.9 Å². The molecule has 0 saturated carbocycles. The molecule has 2 fully saturated rings. The number of H-pyrrole nitrogens is 2. The van der Waals surface area contributed by atoms with Gasteiger partial charge in [-0.1, -0.05) is 23.7 Å². The molecule has 9 heteroatoms. The molecular formula is C22H22Cl2N6O. The molecule has 2 saturated heterocycles. The van der Waals surface area contributed by atoms with Crippen LogP contribution >= 0.6 is 24.0 Å². The first kappa shape index (κ1) is 20.3. The Balaban J connectivity index is 0.00000204. The second-order valence-electron chi connectivity index (χ2n) is 8.37. The van der Waals surface area contributed by atoms with Gasteiger partial charge in [-0.05, 0) is 37.1 Å². The van der Waals surface area contributed by atoms with E-state index in [1.165, 1.54) is 18.9 Å². The number of hydrogen-bond donors (Lipinski definition) is 3. The first-order valence-corrected chi connectivity index (χ1v) is 10.7. The zero-order valence-electron chi connectivity index (χ0n) is 16.6. The minimum absolute atomic E-state index is 0. The second-order valence-corrected chi connectivity index (χ2v) is 8.74. The lowest BCUT2D eigenvalue weighted by molar-refractivity contribution is 0.412. The molecule has 2 bridgehead atoms. The van der Waals surface area contributed by atoms with Crippen molar-refractivity contribution < 1.29 is 0 Å². The molecule has 2 unspecified atom stereocenters. The highest BCUT2D eigenvalue weighted by Gasteiger charge is 2.40. The molecule has 4 aromatic rings. The molecule has 4 N–H and O–H groups in total. The summed E-state index contributed by atoms with van der Waals surface area (Å²) in [6, 6.07) is 8.35. The van der Waals surface area contributed by atoms with Crippen LogP contribution in [0, 0.1) is 0 Å². The molecule has 0 amide bonds. The van der Waals surface area contributed by atoms with E-state index in [0.29, 0.717) is 22.6 Å². The lowest BCUT2D eigenvalue weighted by Crippen LogP contribution is -2.47. The highest BCUT2D eigenvalue weighted by atomic mass is 35.5. The molecule has 0 radical (unpaired) electrons. The van der Waals surface area contributed by atoms with Gasteiger partial charge >= 0.3 is 0 Å². The fraction of sp³-hybridized carbons (Fsp3) is 0.318. The topological polar surface area (TPSA) is 104 Å². The van der Waals surface area contributed by atoms with Crippen molar-refractivity contribution in [3.8, 4) is 11.1 Å². The van der Waals surface area contributed by atoms with Gasteiger partial charge in [-0.15, -0.1) is 12.4 Å². The number of fused-ring (bicyclic) bond motifs is 4. The summed E-state index contributed by atoms with van der Waals surface area (Å²) < 4.78 is 0. The molecule has 31 heavy (non-hydrogen) atoms.